The van der Waals surface area contributed by atoms with E-state index >= 15 is 0 Å². The number of nitrogens with zero attached hydrogens (tertiary/aromatic N) is 6. The van der Waals surface area contributed by atoms with Crippen molar-refractivity contribution >= 4 is 40.2 Å². The largest absolute Gasteiger partial charge is 0.324 e. The van der Waals surface area contributed by atoms with Gasteiger partial charge < -0.3 is 15.5 Å². The number of carbonyl (C=O) groups excluding carboxylic acids is 1. The van der Waals surface area contributed by atoms with Gasteiger partial charge in [0, 0.05) is 54.0 Å². The van der Waals surface area contributed by atoms with Crippen LogP contribution >= 0.6 is 11.3 Å². The number of likely N-dealkylation sites (N-methyl/N-ethyl adjacent to an activating group) is 1. The molecule has 41 heavy (non-hydrogen) atoms. The molecule has 0 aliphatic carbocycles. The SMILES string of the molecule is CN1CCc2ccc(Nc3nccc(-c4c(-c5cccc(NC(=O)c6nccs6)c5)nc5ccccn45)n3)cc2C1. The van der Waals surface area contributed by atoms with Crippen molar-refractivity contribution in [2.45, 2.75) is 13.0 Å². The Morgan fingerprint density at radius 3 is 2.78 bits per heavy atom. The highest BCUT2D eigenvalue weighted by Gasteiger charge is 2.19. The second-order valence-corrected chi connectivity index (χ2v) is 10.9. The van der Waals surface area contributed by atoms with Crippen molar-refractivity contribution in [3.05, 3.63) is 107 Å². The molecule has 0 radical (unpaired) electrons. The summed E-state index contributed by atoms with van der Waals surface area (Å²) in [6.45, 7) is 2.01. The van der Waals surface area contributed by atoms with Crippen molar-refractivity contribution in [2.75, 3.05) is 24.2 Å². The lowest BCUT2D eigenvalue weighted by Gasteiger charge is -2.25. The summed E-state index contributed by atoms with van der Waals surface area (Å²) >= 11 is 1.30. The number of aromatic nitrogens is 5. The molecule has 7 rings (SSSR count). The second kappa shape index (κ2) is 10.6. The predicted octanol–water partition coefficient (Wildman–Crippen LogP) is 5.90. The van der Waals surface area contributed by atoms with Crippen LogP contribution in [0, 0.1) is 0 Å². The molecule has 4 aromatic heterocycles. The molecule has 1 aliphatic heterocycles. The maximum absolute atomic E-state index is 12.6. The van der Waals surface area contributed by atoms with Crippen LogP contribution in [0.15, 0.2) is 90.7 Å². The quantitative estimate of drug-likeness (QED) is 0.263. The molecule has 0 unspecified atom stereocenters. The van der Waals surface area contributed by atoms with Gasteiger partial charge in [-0.25, -0.2) is 19.9 Å². The van der Waals surface area contributed by atoms with Crippen LogP contribution < -0.4 is 10.6 Å². The molecule has 202 valence electrons. The molecule has 0 saturated heterocycles. The van der Waals surface area contributed by atoms with E-state index in [0.29, 0.717) is 16.6 Å². The molecule has 0 spiro atoms. The van der Waals surface area contributed by atoms with Gasteiger partial charge in [0.15, 0.2) is 5.01 Å². The fourth-order valence-corrected chi connectivity index (χ4v) is 5.69. The Morgan fingerprint density at radius 1 is 0.927 bits per heavy atom. The van der Waals surface area contributed by atoms with E-state index in [-0.39, 0.29) is 5.91 Å². The van der Waals surface area contributed by atoms with Crippen LogP contribution in [0.4, 0.5) is 17.3 Å². The van der Waals surface area contributed by atoms with Crippen LogP contribution in [0.2, 0.25) is 0 Å². The summed E-state index contributed by atoms with van der Waals surface area (Å²) in [6, 6.07) is 21.9. The number of anilines is 3. The zero-order valence-corrected chi connectivity index (χ0v) is 23.1. The number of fused-ring (bicyclic) bond motifs is 2. The summed E-state index contributed by atoms with van der Waals surface area (Å²) in [4.78, 5) is 33.4. The van der Waals surface area contributed by atoms with E-state index in [1.165, 1.54) is 22.5 Å². The number of carbonyl (C=O) groups is 1. The van der Waals surface area contributed by atoms with E-state index in [0.717, 1.165) is 53.5 Å². The lowest BCUT2D eigenvalue weighted by molar-refractivity contribution is 0.102. The maximum atomic E-state index is 12.6. The Kier molecular flexibility index (Phi) is 6.46. The molecule has 0 bridgehead atoms. The number of hydrogen-bond acceptors (Lipinski definition) is 8. The van der Waals surface area contributed by atoms with Crippen LogP contribution in [0.25, 0.3) is 28.3 Å². The van der Waals surface area contributed by atoms with E-state index in [9.17, 15) is 4.79 Å². The number of amides is 1. The van der Waals surface area contributed by atoms with Gasteiger partial charge in [-0.1, -0.05) is 24.3 Å². The van der Waals surface area contributed by atoms with E-state index in [4.69, 9.17) is 9.97 Å². The molecule has 0 atom stereocenters. The Hall–Kier alpha value is -4.93. The summed E-state index contributed by atoms with van der Waals surface area (Å²) in [7, 11) is 2.15. The smallest absolute Gasteiger partial charge is 0.284 e. The lowest BCUT2D eigenvalue weighted by Crippen LogP contribution is -2.26. The van der Waals surface area contributed by atoms with E-state index in [1.54, 1.807) is 17.8 Å². The predicted molar refractivity (Wildman–Crippen MR) is 161 cm³/mol. The average molecular weight is 559 g/mol. The van der Waals surface area contributed by atoms with Crippen molar-refractivity contribution < 1.29 is 4.79 Å². The zero-order valence-electron chi connectivity index (χ0n) is 22.3. The number of rotatable bonds is 6. The van der Waals surface area contributed by atoms with Crippen LogP contribution in [0.5, 0.6) is 0 Å². The van der Waals surface area contributed by atoms with Crippen LogP contribution in [0.3, 0.4) is 0 Å². The first-order chi connectivity index (χ1) is 20.1. The van der Waals surface area contributed by atoms with Crippen LogP contribution in [-0.2, 0) is 13.0 Å². The molecule has 6 aromatic rings. The van der Waals surface area contributed by atoms with Gasteiger partial charge in [-0.3, -0.25) is 9.20 Å². The topological polar surface area (TPSA) is 100 Å². The van der Waals surface area contributed by atoms with Gasteiger partial charge in [-0.05, 0) is 67.1 Å². The molecular formula is C31H26N8OS. The average Bonchev–Trinajstić information content (AvgIpc) is 3.66. The molecule has 9 nitrogen and oxygen atoms in total. The normalized spacial score (nSPS) is 13.2. The van der Waals surface area contributed by atoms with Gasteiger partial charge in [-0.2, -0.15) is 0 Å². The molecule has 5 heterocycles. The maximum Gasteiger partial charge on any atom is 0.284 e. The van der Waals surface area contributed by atoms with Crippen LogP contribution in [-0.4, -0.2) is 48.7 Å². The molecular weight excluding hydrogens is 532 g/mol. The molecule has 2 aromatic carbocycles. The number of nitrogens with one attached hydrogen (secondary N) is 2. The monoisotopic (exact) mass is 558 g/mol. The van der Waals surface area contributed by atoms with Crippen molar-refractivity contribution in [3.63, 3.8) is 0 Å². The van der Waals surface area contributed by atoms with Crippen molar-refractivity contribution in [2.24, 2.45) is 0 Å². The zero-order chi connectivity index (χ0) is 27.8. The Morgan fingerprint density at radius 2 is 1.88 bits per heavy atom. The highest BCUT2D eigenvalue weighted by molar-refractivity contribution is 7.11. The first-order valence-corrected chi connectivity index (χ1v) is 14.2. The fourth-order valence-electron chi connectivity index (χ4n) is 5.16. The molecule has 1 aliphatic rings. The first kappa shape index (κ1) is 25.1. The standard InChI is InChI=1S/C31H26N8OS/c1-38-15-11-20-8-9-24(18-22(20)19-38)35-31-33-12-10-25(36-31)28-27(37-26-7-2-3-14-39(26)28)21-5-4-6-23(17-21)34-29(40)30-32-13-16-41-30/h2-10,12-14,16-18H,11,15,19H2,1H3,(H,34,40)(H,33,35,36). The number of benzene rings is 2. The van der Waals surface area contributed by atoms with Crippen molar-refractivity contribution in [1.29, 1.82) is 0 Å². The summed E-state index contributed by atoms with van der Waals surface area (Å²) in [5.41, 5.74) is 8.30. The molecule has 2 N–H and O–H groups in total. The summed E-state index contributed by atoms with van der Waals surface area (Å²) in [5, 5.41) is 8.54. The third kappa shape index (κ3) is 5.06. The van der Waals surface area contributed by atoms with Gasteiger partial charge in [0.25, 0.3) is 5.91 Å². The third-order valence-corrected chi connectivity index (χ3v) is 7.89. The molecule has 10 heteroatoms. The summed E-state index contributed by atoms with van der Waals surface area (Å²) in [6.07, 6.45) is 6.41. The lowest BCUT2D eigenvalue weighted by atomic mass is 9.99. The van der Waals surface area contributed by atoms with Gasteiger partial charge in [0.2, 0.25) is 5.95 Å². The summed E-state index contributed by atoms with van der Waals surface area (Å²) in [5.74, 6) is 0.264. The number of hydrogen-bond donors (Lipinski definition) is 2. The highest BCUT2D eigenvalue weighted by Crippen LogP contribution is 2.34. The first-order valence-electron chi connectivity index (χ1n) is 13.3. The number of imidazole rings is 1. The minimum atomic E-state index is -0.243. The minimum absolute atomic E-state index is 0.243. The van der Waals surface area contributed by atoms with Crippen molar-refractivity contribution in [1.82, 2.24) is 29.2 Å². The third-order valence-electron chi connectivity index (χ3n) is 7.11. The van der Waals surface area contributed by atoms with E-state index < -0.39 is 0 Å². The number of pyridine rings is 1. The van der Waals surface area contributed by atoms with Crippen LogP contribution in [0.1, 0.15) is 20.9 Å². The van der Waals surface area contributed by atoms with E-state index in [2.05, 4.69) is 50.7 Å². The fraction of sp³-hybridized carbons (Fsp3) is 0.129. The molecule has 0 saturated carbocycles. The van der Waals surface area contributed by atoms with Gasteiger partial charge in [0.05, 0.1) is 17.1 Å². The Balaban J connectivity index is 1.24. The van der Waals surface area contributed by atoms with Gasteiger partial charge in [0.1, 0.15) is 5.65 Å². The Bertz CT molecular complexity index is 1880. The highest BCUT2D eigenvalue weighted by atomic mass is 32.1. The van der Waals surface area contributed by atoms with Gasteiger partial charge >= 0.3 is 0 Å². The molecule has 1 amide bonds. The van der Waals surface area contributed by atoms with E-state index in [1.807, 2.05) is 59.1 Å². The second-order valence-electron chi connectivity index (χ2n) is 9.97. The summed E-state index contributed by atoms with van der Waals surface area (Å²) < 4.78 is 2.02. The minimum Gasteiger partial charge on any atom is -0.324 e. The molecule has 0 fully saturated rings. The van der Waals surface area contributed by atoms with Crippen molar-refractivity contribution in [3.8, 4) is 22.6 Å². The Labute approximate surface area is 240 Å². The van der Waals surface area contributed by atoms with Gasteiger partial charge in [-0.15, -0.1) is 11.3 Å². The number of thiazole rings is 1.